The number of hydrogen-bond donors (Lipinski definition) is 1. The fourth-order valence-electron chi connectivity index (χ4n) is 1.40. The van der Waals surface area contributed by atoms with E-state index in [1.807, 2.05) is 0 Å². The molecule has 1 N–H and O–H groups in total. The molecular weight excluding hydrogens is 271 g/mol. The van der Waals surface area contributed by atoms with Crippen LogP contribution in [0.3, 0.4) is 0 Å². The standard InChI is InChI=1S/C11H23N2O3PS/c1-3-15-17(14,16-4-2)13-10-8-6-5-7-9-12-11-18/h3-10H2,1-2H3,(H,13,14). The summed E-state index contributed by atoms with van der Waals surface area (Å²) in [5.41, 5.74) is 0. The molecule has 106 valence electrons. The van der Waals surface area contributed by atoms with E-state index in [-0.39, 0.29) is 0 Å². The van der Waals surface area contributed by atoms with Gasteiger partial charge < -0.3 is 0 Å². The van der Waals surface area contributed by atoms with Gasteiger partial charge in [-0.3, -0.25) is 9.05 Å². The summed E-state index contributed by atoms with van der Waals surface area (Å²) in [5.74, 6) is 0. The maximum absolute atomic E-state index is 12.0. The van der Waals surface area contributed by atoms with Crippen LogP contribution in [0.5, 0.6) is 0 Å². The molecule has 0 heterocycles. The van der Waals surface area contributed by atoms with Crippen LogP contribution in [-0.2, 0) is 13.6 Å². The fraction of sp³-hybridized carbons (Fsp3) is 0.909. The van der Waals surface area contributed by atoms with Crippen LogP contribution in [0, 0.1) is 0 Å². The van der Waals surface area contributed by atoms with Gasteiger partial charge in [0.05, 0.1) is 18.4 Å². The summed E-state index contributed by atoms with van der Waals surface area (Å²) >= 11 is 4.48. The molecule has 0 fully saturated rings. The number of rotatable bonds is 12. The van der Waals surface area contributed by atoms with Crippen LogP contribution in [0.25, 0.3) is 0 Å². The minimum absolute atomic E-state index is 0.375. The van der Waals surface area contributed by atoms with Gasteiger partial charge in [-0.05, 0) is 38.9 Å². The molecule has 0 aromatic heterocycles. The highest BCUT2D eigenvalue weighted by molar-refractivity contribution is 7.78. The van der Waals surface area contributed by atoms with Crippen molar-refractivity contribution in [1.82, 2.24) is 5.09 Å². The molecule has 7 heteroatoms. The molecule has 18 heavy (non-hydrogen) atoms. The van der Waals surface area contributed by atoms with E-state index in [2.05, 4.69) is 27.5 Å². The van der Waals surface area contributed by atoms with Crippen molar-refractivity contribution < 1.29 is 13.6 Å². The van der Waals surface area contributed by atoms with E-state index < -0.39 is 7.75 Å². The van der Waals surface area contributed by atoms with Gasteiger partial charge in [0.25, 0.3) is 0 Å². The minimum Gasteiger partial charge on any atom is -0.297 e. The molecule has 0 aliphatic carbocycles. The number of isothiocyanates is 1. The van der Waals surface area contributed by atoms with Gasteiger partial charge in [0.1, 0.15) is 0 Å². The Morgan fingerprint density at radius 3 is 2.33 bits per heavy atom. The van der Waals surface area contributed by atoms with Crippen LogP contribution in [0.2, 0.25) is 0 Å². The Morgan fingerprint density at radius 1 is 1.17 bits per heavy atom. The first-order valence-electron chi connectivity index (χ1n) is 6.36. The second-order valence-corrected chi connectivity index (χ2v) is 5.64. The topological polar surface area (TPSA) is 59.9 Å². The second kappa shape index (κ2) is 12.0. The number of thiocarbonyl (C=S) groups is 1. The van der Waals surface area contributed by atoms with Gasteiger partial charge >= 0.3 is 7.75 Å². The van der Waals surface area contributed by atoms with Gasteiger partial charge in [-0.1, -0.05) is 12.8 Å². The number of nitrogens with zero attached hydrogens (tertiary/aromatic N) is 1. The third kappa shape index (κ3) is 9.89. The predicted molar refractivity (Wildman–Crippen MR) is 77.2 cm³/mol. The quantitative estimate of drug-likeness (QED) is 0.259. The van der Waals surface area contributed by atoms with Gasteiger partial charge in [0, 0.05) is 13.1 Å². The van der Waals surface area contributed by atoms with Crippen molar-refractivity contribution in [2.45, 2.75) is 39.5 Å². The molecule has 0 saturated carbocycles. The zero-order valence-corrected chi connectivity index (χ0v) is 12.9. The van der Waals surface area contributed by atoms with E-state index in [1.54, 1.807) is 13.8 Å². The first-order chi connectivity index (χ1) is 8.68. The lowest BCUT2D eigenvalue weighted by Crippen LogP contribution is -2.16. The minimum atomic E-state index is -3.08. The largest absolute Gasteiger partial charge is 0.405 e. The SMILES string of the molecule is CCOP(=O)(NCCCCCCN=C=S)OCC. The van der Waals surface area contributed by atoms with Crippen molar-refractivity contribution >= 4 is 25.1 Å². The van der Waals surface area contributed by atoms with Crippen LogP contribution in [0.15, 0.2) is 4.99 Å². The zero-order chi connectivity index (χ0) is 13.7. The molecule has 0 amide bonds. The summed E-state index contributed by atoms with van der Waals surface area (Å²) in [6, 6.07) is 0. The van der Waals surface area contributed by atoms with Crippen molar-refractivity contribution in [3.05, 3.63) is 0 Å². The Kier molecular flexibility index (Phi) is 11.9. The monoisotopic (exact) mass is 294 g/mol. The van der Waals surface area contributed by atoms with Crippen molar-refractivity contribution in [2.75, 3.05) is 26.3 Å². The van der Waals surface area contributed by atoms with E-state index >= 15 is 0 Å². The van der Waals surface area contributed by atoms with Gasteiger partial charge in [-0.25, -0.2) is 14.6 Å². The number of aliphatic imine (C=N–C) groups is 1. The van der Waals surface area contributed by atoms with Crippen LogP contribution < -0.4 is 5.09 Å². The molecule has 0 spiro atoms. The molecule has 0 aliphatic heterocycles. The maximum atomic E-state index is 12.0. The lowest BCUT2D eigenvalue weighted by molar-refractivity contribution is 0.210. The van der Waals surface area contributed by atoms with Crippen molar-refractivity contribution in [1.29, 1.82) is 0 Å². The van der Waals surface area contributed by atoms with E-state index in [4.69, 9.17) is 9.05 Å². The van der Waals surface area contributed by atoms with E-state index in [0.29, 0.717) is 19.8 Å². The highest BCUT2D eigenvalue weighted by Gasteiger charge is 2.21. The molecular formula is C11H23N2O3PS. The van der Waals surface area contributed by atoms with Gasteiger partial charge in [0.15, 0.2) is 0 Å². The highest BCUT2D eigenvalue weighted by atomic mass is 32.1. The van der Waals surface area contributed by atoms with Crippen molar-refractivity contribution in [2.24, 2.45) is 4.99 Å². The summed E-state index contributed by atoms with van der Waals surface area (Å²) in [7, 11) is -3.08. The summed E-state index contributed by atoms with van der Waals surface area (Å²) < 4.78 is 22.2. The molecule has 0 aromatic rings. The van der Waals surface area contributed by atoms with Gasteiger partial charge in [-0.15, -0.1) is 0 Å². The average Bonchev–Trinajstić information content (AvgIpc) is 2.33. The fourth-order valence-corrected chi connectivity index (χ4v) is 2.86. The highest BCUT2D eigenvalue weighted by Crippen LogP contribution is 2.43. The molecule has 0 aliphatic rings. The van der Waals surface area contributed by atoms with Crippen molar-refractivity contribution in [3.63, 3.8) is 0 Å². The Balaban J connectivity index is 3.61. The number of nitrogens with one attached hydrogen (secondary N) is 1. The zero-order valence-electron chi connectivity index (χ0n) is 11.2. The van der Waals surface area contributed by atoms with E-state index in [9.17, 15) is 4.57 Å². The Bertz CT molecular complexity index is 286. The summed E-state index contributed by atoms with van der Waals surface area (Å²) in [4.78, 5) is 3.84. The summed E-state index contributed by atoms with van der Waals surface area (Å²) in [6.07, 6.45) is 4.08. The molecule has 0 rings (SSSR count). The van der Waals surface area contributed by atoms with Crippen LogP contribution in [0.4, 0.5) is 0 Å². The molecule has 0 saturated heterocycles. The van der Waals surface area contributed by atoms with Crippen LogP contribution in [-0.4, -0.2) is 31.5 Å². The summed E-state index contributed by atoms with van der Waals surface area (Å²) in [6.45, 7) is 5.72. The van der Waals surface area contributed by atoms with Gasteiger partial charge in [-0.2, -0.15) is 0 Å². The summed E-state index contributed by atoms with van der Waals surface area (Å²) in [5, 5.41) is 5.20. The molecule has 0 radical (unpaired) electrons. The predicted octanol–water partition coefficient (Wildman–Crippen LogP) is 3.42. The van der Waals surface area contributed by atoms with Gasteiger partial charge in [0.2, 0.25) is 0 Å². The molecule has 0 aromatic carbocycles. The van der Waals surface area contributed by atoms with Crippen LogP contribution >= 0.6 is 20.0 Å². The normalized spacial score (nSPS) is 11.2. The van der Waals surface area contributed by atoms with Crippen molar-refractivity contribution in [3.8, 4) is 0 Å². The third-order valence-electron chi connectivity index (χ3n) is 2.16. The smallest absolute Gasteiger partial charge is 0.297 e. The Labute approximate surface area is 115 Å². The molecule has 0 atom stereocenters. The Hall–Kier alpha value is -0.0900. The molecule has 0 bridgehead atoms. The molecule has 5 nitrogen and oxygen atoms in total. The molecule has 0 unspecified atom stereocenters. The third-order valence-corrected chi connectivity index (χ3v) is 4.10. The second-order valence-electron chi connectivity index (χ2n) is 3.63. The van der Waals surface area contributed by atoms with E-state index in [0.717, 1.165) is 32.2 Å². The first-order valence-corrected chi connectivity index (χ1v) is 8.31. The lowest BCUT2D eigenvalue weighted by atomic mass is 10.2. The number of hydrogen-bond acceptors (Lipinski definition) is 5. The Morgan fingerprint density at radius 2 is 1.78 bits per heavy atom. The average molecular weight is 294 g/mol. The van der Waals surface area contributed by atoms with E-state index in [1.165, 1.54) is 0 Å². The maximum Gasteiger partial charge on any atom is 0.405 e. The van der Waals surface area contributed by atoms with Crippen LogP contribution in [0.1, 0.15) is 39.5 Å². The lowest BCUT2D eigenvalue weighted by Gasteiger charge is -2.17. The number of unbranched alkanes of at least 4 members (excludes halogenated alkanes) is 3. The first kappa shape index (κ1) is 17.9.